The summed E-state index contributed by atoms with van der Waals surface area (Å²) < 4.78 is 9.61. The van der Waals surface area contributed by atoms with Crippen molar-refractivity contribution in [2.75, 3.05) is 18.6 Å². The summed E-state index contributed by atoms with van der Waals surface area (Å²) in [5, 5.41) is 22.6. The molecule has 0 radical (unpaired) electrons. The second-order valence-corrected chi connectivity index (χ2v) is 7.97. The highest BCUT2D eigenvalue weighted by molar-refractivity contribution is 7.87. The maximum absolute atomic E-state index is 12.3. The predicted octanol–water partition coefficient (Wildman–Crippen LogP) is 3.46. The summed E-state index contributed by atoms with van der Waals surface area (Å²) in [5.41, 5.74) is -0.224. The summed E-state index contributed by atoms with van der Waals surface area (Å²) in [6.45, 7) is 0. The minimum Gasteiger partial charge on any atom is -0.810 e. The van der Waals surface area contributed by atoms with Crippen molar-refractivity contribution in [1.29, 1.82) is 0 Å². The maximum Gasteiger partial charge on any atom is 0.346 e. The Morgan fingerprint density at radius 2 is 2.12 bits per heavy atom. The van der Waals surface area contributed by atoms with Crippen LogP contribution in [0.3, 0.4) is 0 Å². The van der Waals surface area contributed by atoms with Crippen LogP contribution >= 0.6 is 11.6 Å². The third kappa shape index (κ3) is 4.89. The number of benzene rings is 1. The third-order valence-electron chi connectivity index (χ3n) is 3.76. The highest BCUT2D eigenvalue weighted by Crippen LogP contribution is 2.39. The smallest absolute Gasteiger partial charge is 0.346 e. The van der Waals surface area contributed by atoms with Gasteiger partial charge in [0.25, 0.3) is 0 Å². The molecule has 0 aliphatic carbocycles. The lowest BCUT2D eigenvalue weighted by molar-refractivity contribution is -0.384. The summed E-state index contributed by atoms with van der Waals surface area (Å²) in [7, 11) is 0.766. The fourth-order valence-corrected chi connectivity index (χ4v) is 4.89. The summed E-state index contributed by atoms with van der Waals surface area (Å²) in [5.74, 6) is 0.995. The maximum atomic E-state index is 12.3. The van der Waals surface area contributed by atoms with Gasteiger partial charge in [0.1, 0.15) is 0 Å². The number of esters is 1. The Hall–Kier alpha value is -2.26. The zero-order valence-corrected chi connectivity index (χ0v) is 15.8. The molecule has 2 rings (SSSR count). The monoisotopic (exact) mass is 398 g/mol. The minimum atomic E-state index is -0.805. The standard InChI is InChI=1S/C16H18ClN4O4S/c1-19-13(7-8-18)25-16(22)11-5-6-12(21(23)24)15(14(11)17)20-26-9-3-2-4-10-26/h5-8,19H,2-4,9-10H2,1H3/q-1/p+1. The van der Waals surface area contributed by atoms with Gasteiger partial charge in [-0.3, -0.25) is 10.1 Å². The van der Waals surface area contributed by atoms with Crippen molar-refractivity contribution in [2.24, 2.45) is 4.36 Å². The van der Waals surface area contributed by atoms with E-state index in [1.807, 2.05) is 0 Å². The first kappa shape index (κ1) is 20.1. The number of ether oxygens (including phenoxy) is 1. The summed E-state index contributed by atoms with van der Waals surface area (Å²) in [6.07, 6.45) is 5.07. The molecule has 0 bridgehead atoms. The second kappa shape index (κ2) is 9.44. The van der Waals surface area contributed by atoms with Crippen molar-refractivity contribution in [3.63, 3.8) is 0 Å². The van der Waals surface area contributed by atoms with E-state index in [4.69, 9.17) is 21.7 Å². The molecule has 1 aliphatic rings. The highest BCUT2D eigenvalue weighted by atomic mass is 35.5. The molecule has 8 nitrogen and oxygen atoms in total. The molecule has 0 amide bonds. The van der Waals surface area contributed by atoms with E-state index in [0.717, 1.165) is 36.8 Å². The molecule has 0 atom stereocenters. The van der Waals surface area contributed by atoms with Gasteiger partial charge >= 0.3 is 11.7 Å². The molecular weight excluding hydrogens is 380 g/mol. The number of nitrogens with zero attached hydrogens (tertiary/aromatic N) is 3. The van der Waals surface area contributed by atoms with Crippen molar-refractivity contribution in [2.45, 2.75) is 19.3 Å². The van der Waals surface area contributed by atoms with Gasteiger partial charge in [-0.2, -0.15) is 6.21 Å². The average Bonchev–Trinajstić information content (AvgIpc) is 2.63. The van der Waals surface area contributed by atoms with E-state index in [1.165, 1.54) is 19.2 Å². The molecule has 0 aromatic heterocycles. The van der Waals surface area contributed by atoms with Gasteiger partial charge in [0.15, 0.2) is 5.88 Å². The molecule has 140 valence electrons. The minimum absolute atomic E-state index is 0.00191. The van der Waals surface area contributed by atoms with Gasteiger partial charge < -0.3 is 15.5 Å². The van der Waals surface area contributed by atoms with E-state index in [9.17, 15) is 14.9 Å². The summed E-state index contributed by atoms with van der Waals surface area (Å²) in [4.78, 5) is 23.1. The highest BCUT2D eigenvalue weighted by Gasteiger charge is 2.26. The number of halogens is 1. The Morgan fingerprint density at radius 1 is 1.42 bits per heavy atom. The van der Waals surface area contributed by atoms with Crippen LogP contribution in [0, 0.1) is 10.1 Å². The number of hydrogen-bond acceptors (Lipinski definition) is 6. The van der Waals surface area contributed by atoms with Crippen LogP contribution in [0.15, 0.2) is 28.5 Å². The molecule has 1 aromatic carbocycles. The van der Waals surface area contributed by atoms with Gasteiger partial charge in [0.2, 0.25) is 5.69 Å². The van der Waals surface area contributed by atoms with Gasteiger partial charge in [0, 0.05) is 13.1 Å². The molecule has 26 heavy (non-hydrogen) atoms. The van der Waals surface area contributed by atoms with Gasteiger partial charge in [-0.25, -0.2) is 4.79 Å². The Bertz CT molecular complexity index is 787. The largest absolute Gasteiger partial charge is 0.810 e. The van der Waals surface area contributed by atoms with E-state index < -0.39 is 21.6 Å². The first-order valence-corrected chi connectivity index (χ1v) is 10.0. The molecular formula is C16H19ClN4O4S. The lowest BCUT2D eigenvalue weighted by Crippen LogP contribution is -2.15. The molecule has 10 heteroatoms. The van der Waals surface area contributed by atoms with Crippen molar-refractivity contribution in [3.8, 4) is 0 Å². The van der Waals surface area contributed by atoms with E-state index >= 15 is 0 Å². The number of carbonyl (C=O) groups is 1. The zero-order chi connectivity index (χ0) is 19.1. The number of nitrogens with one attached hydrogen (secondary N) is 1. The first-order valence-electron chi connectivity index (χ1n) is 7.99. The molecule has 1 N–H and O–H groups in total. The SMILES string of the molecule is CNC(=CC=[N-])OC(=O)c1ccc([N+](=O)[O-])c(N=[SH+]2CCCCC2)c1Cl. The van der Waals surface area contributed by atoms with Crippen LogP contribution in [-0.2, 0) is 15.4 Å². The predicted molar refractivity (Wildman–Crippen MR) is 105 cm³/mol. The summed E-state index contributed by atoms with van der Waals surface area (Å²) in [6, 6.07) is 2.45. The van der Waals surface area contributed by atoms with Crippen LogP contribution in [0.1, 0.15) is 29.6 Å². The molecule has 0 unspecified atom stereocenters. The Balaban J connectivity index is 2.44. The quantitative estimate of drug-likeness (QED) is 0.150. The van der Waals surface area contributed by atoms with Crippen LogP contribution in [0.2, 0.25) is 5.02 Å². The van der Waals surface area contributed by atoms with E-state index in [0.29, 0.717) is 6.21 Å². The fourth-order valence-electron chi connectivity index (χ4n) is 2.46. The van der Waals surface area contributed by atoms with Gasteiger partial charge in [-0.05, 0) is 42.1 Å². The molecule has 0 spiro atoms. The van der Waals surface area contributed by atoms with Crippen LogP contribution in [0.25, 0.3) is 5.41 Å². The summed E-state index contributed by atoms with van der Waals surface area (Å²) >= 11 is 6.29. The van der Waals surface area contributed by atoms with Gasteiger partial charge in [0.05, 0.1) is 27.0 Å². The Kier molecular flexibility index (Phi) is 7.28. The number of carbonyl (C=O) groups excluding carboxylic acids is 1. The van der Waals surface area contributed by atoms with Crippen molar-refractivity contribution in [1.82, 2.24) is 5.32 Å². The van der Waals surface area contributed by atoms with Crippen molar-refractivity contribution >= 4 is 45.9 Å². The van der Waals surface area contributed by atoms with Crippen LogP contribution < -0.4 is 5.32 Å². The lowest BCUT2D eigenvalue weighted by Gasteiger charge is -2.11. The van der Waals surface area contributed by atoms with Crippen LogP contribution in [-0.4, -0.2) is 35.7 Å². The lowest BCUT2D eigenvalue weighted by atomic mass is 10.1. The molecule has 1 heterocycles. The number of rotatable bonds is 6. The first-order chi connectivity index (χ1) is 12.5. The van der Waals surface area contributed by atoms with E-state index in [-0.39, 0.29) is 27.8 Å². The molecule has 1 aromatic rings. The van der Waals surface area contributed by atoms with Crippen LogP contribution in [0.4, 0.5) is 11.4 Å². The van der Waals surface area contributed by atoms with E-state index in [2.05, 4.69) is 9.68 Å². The van der Waals surface area contributed by atoms with E-state index in [1.54, 1.807) is 0 Å². The zero-order valence-electron chi connectivity index (χ0n) is 14.1. The normalized spacial score (nSPS) is 15.2. The number of allylic oxidation sites excluding steroid dienone is 1. The number of thiol groups is 1. The fraction of sp³-hybridized carbons (Fsp3) is 0.375. The third-order valence-corrected chi connectivity index (χ3v) is 6.29. The van der Waals surface area contributed by atoms with Crippen molar-refractivity contribution in [3.05, 3.63) is 50.2 Å². The number of nitro groups is 1. The molecule has 1 saturated heterocycles. The molecule has 1 fully saturated rings. The molecule has 1 aliphatic heterocycles. The number of hydrogen-bond donors (Lipinski definition) is 1. The average molecular weight is 399 g/mol. The topological polar surface area (TPSA) is 116 Å². The van der Waals surface area contributed by atoms with Gasteiger partial charge in [-0.15, -0.1) is 0 Å². The number of nitro benzene ring substituents is 1. The second-order valence-electron chi connectivity index (χ2n) is 5.49. The van der Waals surface area contributed by atoms with Crippen LogP contribution in [0.5, 0.6) is 0 Å². The molecule has 0 saturated carbocycles. The van der Waals surface area contributed by atoms with Gasteiger partial charge in [-0.1, -0.05) is 16.0 Å². The Morgan fingerprint density at radius 3 is 2.69 bits per heavy atom. The van der Waals surface area contributed by atoms with Crippen molar-refractivity contribution < 1.29 is 14.5 Å². The Labute approximate surface area is 158 Å².